The van der Waals surface area contributed by atoms with Crippen LogP contribution >= 0.6 is 0 Å². The highest BCUT2D eigenvalue weighted by atomic mass is 19.2. The second-order valence-corrected chi connectivity index (χ2v) is 7.57. The molecule has 2 nitrogen and oxygen atoms in total. The number of nitrogens with zero attached hydrogens (tertiary/aromatic N) is 2. The van der Waals surface area contributed by atoms with E-state index < -0.39 is 11.6 Å². The van der Waals surface area contributed by atoms with Crippen LogP contribution in [0.2, 0.25) is 0 Å². The molecule has 0 saturated carbocycles. The highest BCUT2D eigenvalue weighted by Crippen LogP contribution is 2.30. The van der Waals surface area contributed by atoms with Crippen molar-refractivity contribution >= 4 is 0 Å². The van der Waals surface area contributed by atoms with Gasteiger partial charge in [0, 0.05) is 32.7 Å². The zero-order valence-corrected chi connectivity index (χ0v) is 16.4. The summed E-state index contributed by atoms with van der Waals surface area (Å²) in [6.45, 7) is 3.52. The van der Waals surface area contributed by atoms with Gasteiger partial charge in [-0.3, -0.25) is 9.80 Å². The van der Waals surface area contributed by atoms with Crippen molar-refractivity contribution in [2.75, 3.05) is 26.2 Å². The summed E-state index contributed by atoms with van der Waals surface area (Å²) in [6.07, 6.45) is 0. The minimum Gasteiger partial charge on any atom is -0.297 e. The summed E-state index contributed by atoms with van der Waals surface area (Å²) in [4.78, 5) is 4.47. The number of benzene rings is 3. The summed E-state index contributed by atoms with van der Waals surface area (Å²) >= 11 is 0. The molecule has 0 spiro atoms. The number of rotatable bonds is 5. The van der Waals surface area contributed by atoms with Crippen LogP contribution < -0.4 is 0 Å². The molecule has 0 aromatic heterocycles. The second-order valence-electron chi connectivity index (χ2n) is 7.57. The van der Waals surface area contributed by atoms with Gasteiger partial charge in [-0.15, -0.1) is 0 Å². The first-order valence-corrected chi connectivity index (χ1v) is 9.91. The van der Waals surface area contributed by atoms with Gasteiger partial charge in [-0.2, -0.15) is 0 Å². The molecule has 0 radical (unpaired) electrons. The van der Waals surface area contributed by atoms with Crippen LogP contribution in [0.25, 0.3) is 0 Å². The van der Waals surface area contributed by atoms with E-state index in [1.54, 1.807) is 30.3 Å². The van der Waals surface area contributed by atoms with E-state index in [1.165, 1.54) is 30.3 Å². The van der Waals surface area contributed by atoms with Crippen molar-refractivity contribution in [3.05, 3.63) is 107 Å². The van der Waals surface area contributed by atoms with Gasteiger partial charge in [0.15, 0.2) is 11.6 Å². The molecule has 6 heteroatoms. The molecule has 0 atom stereocenters. The third-order valence-corrected chi connectivity index (χ3v) is 5.53. The van der Waals surface area contributed by atoms with Gasteiger partial charge < -0.3 is 0 Å². The Hall–Kier alpha value is -2.70. The van der Waals surface area contributed by atoms with Crippen LogP contribution in [-0.4, -0.2) is 36.0 Å². The fourth-order valence-corrected chi connectivity index (χ4v) is 3.98. The normalized spacial score (nSPS) is 15.6. The number of hydrogen-bond donors (Lipinski definition) is 0. The van der Waals surface area contributed by atoms with E-state index >= 15 is 0 Å². The summed E-state index contributed by atoms with van der Waals surface area (Å²) in [5, 5.41) is 0. The van der Waals surface area contributed by atoms with Gasteiger partial charge in [0.2, 0.25) is 0 Å². The largest absolute Gasteiger partial charge is 0.297 e. The van der Waals surface area contributed by atoms with Crippen LogP contribution in [0.3, 0.4) is 0 Å². The first-order chi connectivity index (χ1) is 14.5. The zero-order chi connectivity index (χ0) is 21.1. The lowest BCUT2D eigenvalue weighted by atomic mass is 9.96. The average molecular weight is 414 g/mol. The minimum absolute atomic E-state index is 0.114. The Balaban J connectivity index is 1.49. The molecule has 1 aliphatic rings. The van der Waals surface area contributed by atoms with E-state index in [0.717, 1.165) is 48.9 Å². The third-order valence-electron chi connectivity index (χ3n) is 5.53. The van der Waals surface area contributed by atoms with Gasteiger partial charge in [-0.1, -0.05) is 30.3 Å². The molecule has 3 aromatic carbocycles. The van der Waals surface area contributed by atoms with Crippen LogP contribution in [0.4, 0.5) is 17.6 Å². The van der Waals surface area contributed by atoms with Gasteiger partial charge in [0.1, 0.15) is 11.6 Å². The van der Waals surface area contributed by atoms with Crippen LogP contribution in [0, 0.1) is 23.3 Å². The predicted molar refractivity (Wildman–Crippen MR) is 108 cm³/mol. The third kappa shape index (κ3) is 4.71. The number of halogens is 4. The first-order valence-electron chi connectivity index (χ1n) is 9.91. The first kappa shape index (κ1) is 20.6. The van der Waals surface area contributed by atoms with Gasteiger partial charge in [0.05, 0.1) is 6.04 Å². The maximum absolute atomic E-state index is 13.5. The molecule has 3 aromatic rings. The van der Waals surface area contributed by atoms with Gasteiger partial charge in [0.25, 0.3) is 0 Å². The van der Waals surface area contributed by atoms with Crippen molar-refractivity contribution in [2.45, 2.75) is 12.6 Å². The van der Waals surface area contributed by atoms with Gasteiger partial charge in [-0.25, -0.2) is 17.6 Å². The lowest BCUT2D eigenvalue weighted by Crippen LogP contribution is -2.47. The Labute approximate surface area is 173 Å². The van der Waals surface area contributed by atoms with Crippen molar-refractivity contribution in [3.8, 4) is 0 Å². The molecule has 156 valence electrons. The van der Waals surface area contributed by atoms with Crippen LogP contribution in [-0.2, 0) is 6.54 Å². The molecule has 1 fully saturated rings. The Morgan fingerprint density at radius 2 is 1.17 bits per heavy atom. The molecule has 30 heavy (non-hydrogen) atoms. The Bertz CT molecular complexity index is 936. The molecule has 0 amide bonds. The molecule has 4 rings (SSSR count). The van der Waals surface area contributed by atoms with Crippen LogP contribution in [0.15, 0.2) is 66.7 Å². The smallest absolute Gasteiger partial charge is 0.159 e. The molecule has 0 unspecified atom stereocenters. The molecule has 0 aliphatic carbocycles. The quantitative estimate of drug-likeness (QED) is 0.533. The van der Waals surface area contributed by atoms with Crippen molar-refractivity contribution in [2.24, 2.45) is 0 Å². The average Bonchev–Trinajstić information content (AvgIpc) is 2.75. The fourth-order valence-electron chi connectivity index (χ4n) is 3.98. The summed E-state index contributed by atoms with van der Waals surface area (Å²) in [7, 11) is 0. The topological polar surface area (TPSA) is 6.48 Å². The lowest BCUT2D eigenvalue weighted by Gasteiger charge is -2.40. The summed E-state index contributed by atoms with van der Waals surface area (Å²) in [6, 6.07) is 16.7. The van der Waals surface area contributed by atoms with Crippen molar-refractivity contribution < 1.29 is 17.6 Å². The van der Waals surface area contributed by atoms with E-state index in [1.807, 2.05) is 0 Å². The zero-order valence-electron chi connectivity index (χ0n) is 16.4. The molecule has 1 aliphatic heterocycles. The van der Waals surface area contributed by atoms with Crippen LogP contribution in [0.5, 0.6) is 0 Å². The van der Waals surface area contributed by atoms with E-state index in [0.29, 0.717) is 6.54 Å². The molecular weight excluding hydrogens is 392 g/mol. The minimum atomic E-state index is -0.843. The van der Waals surface area contributed by atoms with E-state index in [9.17, 15) is 17.6 Å². The van der Waals surface area contributed by atoms with Crippen LogP contribution in [0.1, 0.15) is 22.7 Å². The fraction of sp³-hybridized carbons (Fsp3) is 0.250. The highest BCUT2D eigenvalue weighted by molar-refractivity contribution is 5.32. The molecular formula is C24H22F4N2. The summed E-state index contributed by atoms with van der Waals surface area (Å²) in [5.74, 6) is -2.27. The number of hydrogen-bond acceptors (Lipinski definition) is 2. The van der Waals surface area contributed by atoms with E-state index in [4.69, 9.17) is 0 Å². The second kappa shape index (κ2) is 8.98. The van der Waals surface area contributed by atoms with Crippen molar-refractivity contribution in [1.29, 1.82) is 0 Å². The summed E-state index contributed by atoms with van der Waals surface area (Å²) < 4.78 is 53.5. The highest BCUT2D eigenvalue weighted by Gasteiger charge is 2.26. The van der Waals surface area contributed by atoms with E-state index in [-0.39, 0.29) is 17.7 Å². The van der Waals surface area contributed by atoms with E-state index in [2.05, 4.69) is 9.80 Å². The Morgan fingerprint density at radius 3 is 1.67 bits per heavy atom. The molecule has 0 bridgehead atoms. The number of piperazine rings is 1. The van der Waals surface area contributed by atoms with Crippen molar-refractivity contribution in [1.82, 2.24) is 9.80 Å². The molecule has 1 saturated heterocycles. The maximum atomic E-state index is 13.5. The SMILES string of the molecule is Fc1ccc(C(c2ccc(F)cc2)N2CCN(Cc3ccc(F)c(F)c3)CC2)cc1. The Morgan fingerprint density at radius 1 is 0.633 bits per heavy atom. The summed E-state index contributed by atoms with van der Waals surface area (Å²) in [5.41, 5.74) is 2.62. The van der Waals surface area contributed by atoms with Gasteiger partial charge >= 0.3 is 0 Å². The molecule has 0 N–H and O–H groups in total. The standard InChI is InChI=1S/C24H22F4N2/c25-20-6-2-18(3-7-20)24(19-4-8-21(26)9-5-19)30-13-11-29(12-14-30)16-17-1-10-22(27)23(28)15-17/h1-10,15,24H,11-14,16H2. The predicted octanol–water partition coefficient (Wildman–Crippen LogP) is 5.15. The lowest BCUT2D eigenvalue weighted by molar-refractivity contribution is 0.104. The maximum Gasteiger partial charge on any atom is 0.159 e. The van der Waals surface area contributed by atoms with Gasteiger partial charge in [-0.05, 0) is 53.1 Å². The van der Waals surface area contributed by atoms with Crippen molar-refractivity contribution in [3.63, 3.8) is 0 Å². The Kier molecular flexibility index (Phi) is 6.16. The molecule has 1 heterocycles. The monoisotopic (exact) mass is 414 g/mol.